The van der Waals surface area contributed by atoms with Crippen LogP contribution in [0.4, 0.5) is 4.79 Å². The fourth-order valence-electron chi connectivity index (χ4n) is 2.11. The Bertz CT molecular complexity index is 475. The maximum Gasteiger partial charge on any atom is 0.407 e. The molecule has 0 heterocycles. The van der Waals surface area contributed by atoms with Crippen molar-refractivity contribution in [3.8, 4) is 0 Å². The molecule has 0 spiro atoms. The van der Waals surface area contributed by atoms with Crippen molar-refractivity contribution in [1.29, 1.82) is 0 Å². The zero-order chi connectivity index (χ0) is 14.5. The fraction of sp³-hybridized carbons (Fsp3) is 0.533. The maximum atomic E-state index is 11.0. The summed E-state index contributed by atoms with van der Waals surface area (Å²) in [6.45, 7) is 3.66. The van der Waals surface area contributed by atoms with Crippen LogP contribution in [0.1, 0.15) is 30.9 Å². The summed E-state index contributed by atoms with van der Waals surface area (Å²) in [6.07, 6.45) is 2.35. The molecule has 0 radical (unpaired) electrons. The van der Waals surface area contributed by atoms with E-state index in [9.17, 15) is 4.79 Å². The molecule has 0 atom stereocenters. The molecular weight excluding hydrogens is 276 g/mol. The largest absolute Gasteiger partial charge is 0.465 e. The van der Waals surface area contributed by atoms with E-state index in [4.69, 9.17) is 16.7 Å². The van der Waals surface area contributed by atoms with Crippen LogP contribution >= 0.6 is 11.6 Å². The van der Waals surface area contributed by atoms with Crippen molar-refractivity contribution in [3.05, 3.63) is 34.3 Å². The molecule has 1 aliphatic rings. The predicted molar refractivity (Wildman–Crippen MR) is 80.3 cm³/mol. The molecule has 110 valence electrons. The van der Waals surface area contributed by atoms with Gasteiger partial charge < -0.3 is 15.3 Å². The molecule has 1 fully saturated rings. The van der Waals surface area contributed by atoms with Crippen molar-refractivity contribution in [2.45, 2.75) is 38.8 Å². The highest BCUT2D eigenvalue weighted by Crippen LogP contribution is 2.22. The summed E-state index contributed by atoms with van der Waals surface area (Å²) < 4.78 is 0. The van der Waals surface area contributed by atoms with Gasteiger partial charge in [-0.2, -0.15) is 0 Å². The monoisotopic (exact) mass is 296 g/mol. The third-order valence-corrected chi connectivity index (χ3v) is 3.96. The van der Waals surface area contributed by atoms with Crippen LogP contribution in [-0.2, 0) is 13.0 Å². The molecule has 1 amide bonds. The summed E-state index contributed by atoms with van der Waals surface area (Å²) >= 11 is 6.20. The standard InChI is InChI=1S/C15H21ClN2O2/c1-2-18(15(19)20)8-7-11-3-6-14(16)12(9-11)10-17-13-4-5-13/h3,6,9,13,17H,2,4-5,7-8,10H2,1H3,(H,19,20). The number of rotatable bonds is 7. The van der Waals surface area contributed by atoms with Crippen molar-refractivity contribution in [2.24, 2.45) is 0 Å². The van der Waals surface area contributed by atoms with Gasteiger partial charge in [-0.15, -0.1) is 0 Å². The molecule has 1 aromatic rings. The van der Waals surface area contributed by atoms with Gasteiger partial charge in [-0.25, -0.2) is 4.79 Å². The molecule has 0 bridgehead atoms. The number of nitrogens with zero attached hydrogens (tertiary/aromatic N) is 1. The second-order valence-corrected chi connectivity index (χ2v) is 5.60. The molecule has 4 nitrogen and oxygen atoms in total. The van der Waals surface area contributed by atoms with E-state index in [-0.39, 0.29) is 0 Å². The lowest BCUT2D eigenvalue weighted by Gasteiger charge is -2.17. The summed E-state index contributed by atoms with van der Waals surface area (Å²) in [6, 6.07) is 6.60. The van der Waals surface area contributed by atoms with E-state index >= 15 is 0 Å². The van der Waals surface area contributed by atoms with Gasteiger partial charge in [0.1, 0.15) is 0 Å². The Labute approximate surface area is 124 Å². The summed E-state index contributed by atoms with van der Waals surface area (Å²) in [5, 5.41) is 13.2. The predicted octanol–water partition coefficient (Wildman–Crippen LogP) is 3.13. The van der Waals surface area contributed by atoms with Gasteiger partial charge in [0.2, 0.25) is 0 Å². The molecular formula is C15H21ClN2O2. The van der Waals surface area contributed by atoms with Crippen molar-refractivity contribution in [3.63, 3.8) is 0 Å². The van der Waals surface area contributed by atoms with Gasteiger partial charge in [0, 0.05) is 30.7 Å². The number of carboxylic acid groups (broad SMARTS) is 1. The molecule has 0 unspecified atom stereocenters. The van der Waals surface area contributed by atoms with Crippen LogP contribution in [-0.4, -0.2) is 35.2 Å². The molecule has 2 N–H and O–H groups in total. The number of carbonyl (C=O) groups is 1. The topological polar surface area (TPSA) is 52.6 Å². The third-order valence-electron chi connectivity index (χ3n) is 3.59. The average molecular weight is 297 g/mol. The average Bonchev–Trinajstić information content (AvgIpc) is 3.23. The summed E-state index contributed by atoms with van der Waals surface area (Å²) in [4.78, 5) is 12.4. The molecule has 1 aromatic carbocycles. The SMILES string of the molecule is CCN(CCc1ccc(Cl)c(CNC2CC2)c1)C(=O)O. The van der Waals surface area contributed by atoms with Crippen molar-refractivity contribution in [1.82, 2.24) is 10.2 Å². The van der Waals surface area contributed by atoms with E-state index in [0.717, 1.165) is 22.7 Å². The lowest BCUT2D eigenvalue weighted by atomic mass is 10.1. The van der Waals surface area contributed by atoms with Crippen LogP contribution in [0.25, 0.3) is 0 Å². The first-order valence-electron chi connectivity index (χ1n) is 7.08. The van der Waals surface area contributed by atoms with Gasteiger partial charge in [-0.3, -0.25) is 0 Å². The van der Waals surface area contributed by atoms with E-state index in [1.165, 1.54) is 17.7 Å². The second kappa shape index (κ2) is 6.95. The Morgan fingerprint density at radius 2 is 2.25 bits per heavy atom. The maximum absolute atomic E-state index is 11.0. The van der Waals surface area contributed by atoms with Gasteiger partial charge in [0.05, 0.1) is 0 Å². The quantitative estimate of drug-likeness (QED) is 0.813. The highest BCUT2D eigenvalue weighted by Gasteiger charge is 2.20. The number of halogens is 1. The van der Waals surface area contributed by atoms with Crippen LogP contribution in [0.15, 0.2) is 18.2 Å². The lowest BCUT2D eigenvalue weighted by molar-refractivity contribution is 0.148. The molecule has 2 rings (SSSR count). The Kier molecular flexibility index (Phi) is 5.26. The molecule has 0 saturated heterocycles. The number of benzene rings is 1. The Morgan fingerprint density at radius 1 is 1.50 bits per heavy atom. The third kappa shape index (κ3) is 4.39. The minimum atomic E-state index is -0.864. The smallest absolute Gasteiger partial charge is 0.407 e. The first-order valence-corrected chi connectivity index (χ1v) is 7.46. The van der Waals surface area contributed by atoms with Gasteiger partial charge in [-0.1, -0.05) is 23.7 Å². The molecule has 0 aliphatic heterocycles. The minimum Gasteiger partial charge on any atom is -0.465 e. The normalized spacial score (nSPS) is 14.3. The number of likely N-dealkylation sites (N-methyl/N-ethyl adjacent to an activating group) is 1. The Hall–Kier alpha value is -1.26. The van der Waals surface area contributed by atoms with Crippen molar-refractivity contribution < 1.29 is 9.90 Å². The highest BCUT2D eigenvalue weighted by molar-refractivity contribution is 6.31. The van der Waals surface area contributed by atoms with Crippen LogP contribution in [0.2, 0.25) is 5.02 Å². The molecule has 1 aliphatic carbocycles. The first kappa shape index (κ1) is 15.1. The number of amides is 1. The van der Waals surface area contributed by atoms with E-state index in [0.29, 0.717) is 25.6 Å². The van der Waals surface area contributed by atoms with Gasteiger partial charge >= 0.3 is 6.09 Å². The number of nitrogens with one attached hydrogen (secondary N) is 1. The van der Waals surface area contributed by atoms with Crippen molar-refractivity contribution >= 4 is 17.7 Å². The van der Waals surface area contributed by atoms with Crippen LogP contribution in [0, 0.1) is 0 Å². The minimum absolute atomic E-state index is 0.513. The zero-order valence-corrected chi connectivity index (χ0v) is 12.5. The summed E-state index contributed by atoms with van der Waals surface area (Å²) in [5.74, 6) is 0. The Balaban J connectivity index is 1.93. The number of hydrogen-bond acceptors (Lipinski definition) is 2. The van der Waals surface area contributed by atoms with Gasteiger partial charge in [0.15, 0.2) is 0 Å². The summed E-state index contributed by atoms with van der Waals surface area (Å²) in [7, 11) is 0. The van der Waals surface area contributed by atoms with Gasteiger partial charge in [-0.05, 0) is 43.4 Å². The van der Waals surface area contributed by atoms with Crippen molar-refractivity contribution in [2.75, 3.05) is 13.1 Å². The van der Waals surface area contributed by atoms with E-state index in [1.54, 1.807) is 0 Å². The zero-order valence-electron chi connectivity index (χ0n) is 11.7. The van der Waals surface area contributed by atoms with Crippen LogP contribution in [0.3, 0.4) is 0 Å². The molecule has 1 saturated carbocycles. The van der Waals surface area contributed by atoms with Crippen LogP contribution < -0.4 is 5.32 Å². The van der Waals surface area contributed by atoms with Gasteiger partial charge in [0.25, 0.3) is 0 Å². The highest BCUT2D eigenvalue weighted by atomic mass is 35.5. The van der Waals surface area contributed by atoms with Crippen LogP contribution in [0.5, 0.6) is 0 Å². The van der Waals surface area contributed by atoms with E-state index in [2.05, 4.69) is 11.4 Å². The number of hydrogen-bond donors (Lipinski definition) is 2. The van der Waals surface area contributed by atoms with E-state index in [1.807, 2.05) is 19.1 Å². The molecule has 0 aromatic heterocycles. The molecule has 20 heavy (non-hydrogen) atoms. The molecule has 5 heteroatoms. The Morgan fingerprint density at radius 3 is 2.85 bits per heavy atom. The van der Waals surface area contributed by atoms with E-state index < -0.39 is 6.09 Å². The fourth-order valence-corrected chi connectivity index (χ4v) is 2.30. The summed E-state index contributed by atoms with van der Waals surface area (Å²) in [5.41, 5.74) is 2.22. The first-order chi connectivity index (χ1) is 9.60. The second-order valence-electron chi connectivity index (χ2n) is 5.19. The lowest BCUT2D eigenvalue weighted by Crippen LogP contribution is -2.31.